The van der Waals surface area contributed by atoms with E-state index in [0.29, 0.717) is 12.1 Å². The van der Waals surface area contributed by atoms with Gasteiger partial charge in [-0.3, -0.25) is 9.78 Å². The first-order valence-electron chi connectivity index (χ1n) is 16.0. The van der Waals surface area contributed by atoms with Crippen LogP contribution in [0.15, 0.2) is 65.7 Å². The molecule has 0 spiro atoms. The number of esters is 1. The van der Waals surface area contributed by atoms with Crippen molar-refractivity contribution in [3.63, 3.8) is 0 Å². The Balaban J connectivity index is 1.81. The highest BCUT2D eigenvalue weighted by Crippen LogP contribution is 2.44. The molecule has 0 radical (unpaired) electrons. The summed E-state index contributed by atoms with van der Waals surface area (Å²) in [5.74, 6) is -0.557. The van der Waals surface area contributed by atoms with Gasteiger partial charge < -0.3 is 19.7 Å². The number of benzene rings is 2. The van der Waals surface area contributed by atoms with E-state index in [9.17, 15) is 9.59 Å². The van der Waals surface area contributed by atoms with Gasteiger partial charge in [-0.2, -0.15) is 0 Å². The summed E-state index contributed by atoms with van der Waals surface area (Å²) in [6, 6.07) is 17.5. The molecule has 7 heteroatoms. The molecule has 1 N–H and O–H groups in total. The third kappa shape index (κ3) is 8.60. The van der Waals surface area contributed by atoms with E-state index in [1.807, 2.05) is 103 Å². The first kappa shape index (κ1) is 33.9. The maximum atomic E-state index is 13.7. The third-order valence-electron chi connectivity index (χ3n) is 8.00. The van der Waals surface area contributed by atoms with Gasteiger partial charge in [0, 0.05) is 47.7 Å². The van der Waals surface area contributed by atoms with E-state index >= 15 is 0 Å². The standard InChI is InChI=1S/C38H49N3O4/c1-24(2)29-19-21-41(22-20-29)34-32(30-15-17-31(18-16-30)36(42)39-23-28-13-11-10-12-14-28)26(5)40-27(6)33(34)35(45-38(7,8)9)37(43)44-25(3)4/h10-18,25,35H,19-23H2,1-9H3,(H,39,42). The fourth-order valence-corrected chi connectivity index (χ4v) is 5.87. The number of anilines is 1. The Morgan fingerprint density at radius 2 is 1.56 bits per heavy atom. The lowest BCUT2D eigenvalue weighted by Crippen LogP contribution is -2.36. The number of hydrogen-bond donors (Lipinski definition) is 1. The molecule has 1 atom stereocenters. The molecule has 1 fully saturated rings. The van der Waals surface area contributed by atoms with Crippen LogP contribution in [0, 0.1) is 13.8 Å². The molecule has 45 heavy (non-hydrogen) atoms. The molecular weight excluding hydrogens is 562 g/mol. The predicted molar refractivity (Wildman–Crippen MR) is 181 cm³/mol. The first-order chi connectivity index (χ1) is 21.2. The Labute approximate surface area is 269 Å². The van der Waals surface area contributed by atoms with Gasteiger partial charge in [-0.15, -0.1) is 0 Å². The van der Waals surface area contributed by atoms with E-state index in [1.54, 1.807) is 0 Å². The molecule has 1 saturated heterocycles. The van der Waals surface area contributed by atoms with Gasteiger partial charge in [0.15, 0.2) is 6.10 Å². The Morgan fingerprint density at radius 3 is 2.11 bits per heavy atom. The summed E-state index contributed by atoms with van der Waals surface area (Å²) in [7, 11) is 0. The lowest BCUT2D eigenvalue weighted by molar-refractivity contribution is -0.171. The number of nitrogens with zero attached hydrogens (tertiary/aromatic N) is 2. The second-order valence-corrected chi connectivity index (χ2v) is 13.4. The van der Waals surface area contributed by atoms with Crippen LogP contribution in [0.5, 0.6) is 0 Å². The average molecular weight is 612 g/mol. The molecule has 2 heterocycles. The number of aromatic nitrogens is 1. The number of pyridine rings is 1. The van der Waals surface area contributed by atoms with E-state index in [4.69, 9.17) is 14.5 Å². The quantitative estimate of drug-likeness (QED) is 0.195. The number of piperidine rings is 1. The van der Waals surface area contributed by atoms with Crippen LogP contribution in [0.25, 0.3) is 11.1 Å². The van der Waals surface area contributed by atoms with Gasteiger partial charge in [0.25, 0.3) is 5.91 Å². The van der Waals surface area contributed by atoms with Crippen LogP contribution in [0.1, 0.15) is 100 Å². The van der Waals surface area contributed by atoms with Crippen molar-refractivity contribution in [3.05, 3.63) is 93.8 Å². The lowest BCUT2D eigenvalue weighted by Gasteiger charge is -2.37. The fraction of sp³-hybridized carbons (Fsp3) is 0.447. The molecule has 1 unspecified atom stereocenters. The zero-order valence-electron chi connectivity index (χ0n) is 28.4. The summed E-state index contributed by atoms with van der Waals surface area (Å²) in [6.45, 7) is 19.9. The van der Waals surface area contributed by atoms with Crippen LogP contribution in [-0.4, -0.2) is 41.7 Å². The highest BCUT2D eigenvalue weighted by Gasteiger charge is 2.36. The molecule has 2 aromatic carbocycles. The molecule has 4 rings (SSSR count). The molecule has 1 aromatic heterocycles. The van der Waals surface area contributed by atoms with Crippen LogP contribution >= 0.6 is 0 Å². The Hall–Kier alpha value is -3.97. The minimum absolute atomic E-state index is 0.134. The zero-order chi connectivity index (χ0) is 32.9. The number of aryl methyl sites for hydroxylation is 2. The molecule has 1 aliphatic rings. The highest BCUT2D eigenvalue weighted by molar-refractivity contribution is 5.95. The van der Waals surface area contributed by atoms with Crippen molar-refractivity contribution in [2.75, 3.05) is 18.0 Å². The Morgan fingerprint density at radius 1 is 0.933 bits per heavy atom. The normalized spacial score (nSPS) is 14.4. The van der Waals surface area contributed by atoms with E-state index in [0.717, 1.165) is 65.3 Å². The van der Waals surface area contributed by atoms with E-state index in [2.05, 4.69) is 24.1 Å². The highest BCUT2D eigenvalue weighted by atomic mass is 16.6. The van der Waals surface area contributed by atoms with Crippen molar-refractivity contribution in [3.8, 4) is 11.1 Å². The molecule has 0 bridgehead atoms. The van der Waals surface area contributed by atoms with Crippen LogP contribution < -0.4 is 10.2 Å². The van der Waals surface area contributed by atoms with Crippen LogP contribution in [0.2, 0.25) is 0 Å². The minimum Gasteiger partial charge on any atom is -0.461 e. The van der Waals surface area contributed by atoms with Gasteiger partial charge in [0.1, 0.15) is 0 Å². The fourth-order valence-electron chi connectivity index (χ4n) is 5.87. The van der Waals surface area contributed by atoms with Crippen molar-refractivity contribution in [2.45, 2.75) is 99.5 Å². The molecule has 1 aliphatic heterocycles. The molecule has 240 valence electrons. The van der Waals surface area contributed by atoms with E-state index < -0.39 is 17.7 Å². The van der Waals surface area contributed by atoms with Gasteiger partial charge in [-0.1, -0.05) is 53.6 Å². The average Bonchev–Trinajstić information content (AvgIpc) is 2.98. The Bertz CT molecular complexity index is 1520. The maximum Gasteiger partial charge on any atom is 0.340 e. The number of nitrogens with one attached hydrogen (secondary N) is 1. The van der Waals surface area contributed by atoms with Crippen molar-refractivity contribution in [1.29, 1.82) is 0 Å². The zero-order valence-corrected chi connectivity index (χ0v) is 28.4. The summed E-state index contributed by atoms with van der Waals surface area (Å²) < 4.78 is 12.3. The first-order valence-corrected chi connectivity index (χ1v) is 16.0. The molecule has 0 aliphatic carbocycles. The van der Waals surface area contributed by atoms with Crippen LogP contribution in [0.4, 0.5) is 5.69 Å². The summed E-state index contributed by atoms with van der Waals surface area (Å²) >= 11 is 0. The molecule has 3 aromatic rings. The van der Waals surface area contributed by atoms with Gasteiger partial charge in [-0.25, -0.2) is 4.79 Å². The van der Waals surface area contributed by atoms with Crippen molar-refractivity contribution in [1.82, 2.24) is 10.3 Å². The summed E-state index contributed by atoms with van der Waals surface area (Å²) in [5, 5.41) is 3.01. The second-order valence-electron chi connectivity index (χ2n) is 13.4. The molecule has 1 amide bonds. The number of amides is 1. The molecule has 0 saturated carbocycles. The number of allylic oxidation sites excluding steroid dienone is 1. The molecular formula is C38H49N3O4. The SMILES string of the molecule is CC(C)=C1CCN(c2c(-c3ccc(C(=O)NCc4ccccc4)cc3)c(C)nc(C)c2C(OC(C)(C)C)C(=O)OC(C)C)CC1. The number of hydrogen-bond acceptors (Lipinski definition) is 6. The monoisotopic (exact) mass is 611 g/mol. The largest absolute Gasteiger partial charge is 0.461 e. The van der Waals surface area contributed by atoms with Crippen molar-refractivity contribution >= 4 is 17.6 Å². The summed E-state index contributed by atoms with van der Waals surface area (Å²) in [5.41, 5.74) is 9.00. The second kappa shape index (κ2) is 14.4. The maximum absolute atomic E-state index is 13.7. The third-order valence-corrected chi connectivity index (χ3v) is 8.00. The van der Waals surface area contributed by atoms with Crippen molar-refractivity contribution < 1.29 is 19.1 Å². The van der Waals surface area contributed by atoms with Crippen molar-refractivity contribution in [2.24, 2.45) is 0 Å². The van der Waals surface area contributed by atoms with Gasteiger partial charge in [-0.05, 0) is 98.4 Å². The lowest BCUT2D eigenvalue weighted by atomic mass is 9.91. The minimum atomic E-state index is -0.956. The smallest absolute Gasteiger partial charge is 0.340 e. The van der Waals surface area contributed by atoms with Crippen LogP contribution in [0.3, 0.4) is 0 Å². The molecule has 7 nitrogen and oxygen atoms in total. The predicted octanol–water partition coefficient (Wildman–Crippen LogP) is 8.04. The van der Waals surface area contributed by atoms with E-state index in [1.165, 1.54) is 11.1 Å². The van der Waals surface area contributed by atoms with Gasteiger partial charge >= 0.3 is 5.97 Å². The summed E-state index contributed by atoms with van der Waals surface area (Å²) in [4.78, 5) is 34.1. The Kier molecular flexibility index (Phi) is 10.9. The topological polar surface area (TPSA) is 80.8 Å². The summed E-state index contributed by atoms with van der Waals surface area (Å²) in [6.07, 6.45) is 0.649. The number of ether oxygens (including phenoxy) is 2. The van der Waals surface area contributed by atoms with E-state index in [-0.39, 0.29) is 12.0 Å². The number of rotatable bonds is 9. The number of carbonyl (C=O) groups is 2. The van der Waals surface area contributed by atoms with Gasteiger partial charge in [0.2, 0.25) is 0 Å². The van der Waals surface area contributed by atoms with Gasteiger partial charge in [0.05, 0.1) is 17.4 Å². The number of carbonyl (C=O) groups excluding carboxylic acids is 2. The van der Waals surface area contributed by atoms with Crippen LogP contribution in [-0.2, 0) is 20.8 Å².